The lowest BCUT2D eigenvalue weighted by atomic mass is 10.1. The van der Waals surface area contributed by atoms with Crippen molar-refractivity contribution >= 4 is 67.3 Å². The molecule has 0 aliphatic heterocycles. The highest BCUT2D eigenvalue weighted by molar-refractivity contribution is 14.1. The predicted molar refractivity (Wildman–Crippen MR) is 97.1 cm³/mol. The van der Waals surface area contributed by atoms with Crippen LogP contribution in [0.2, 0.25) is 0 Å². The van der Waals surface area contributed by atoms with Gasteiger partial charge >= 0.3 is 0 Å². The summed E-state index contributed by atoms with van der Waals surface area (Å²) < 4.78 is 15.1. The minimum absolute atomic E-state index is 0.0564. The lowest BCUT2D eigenvalue weighted by molar-refractivity contribution is 0.102. The Morgan fingerprint density at radius 3 is 2.62 bits per heavy atom. The Balaban J connectivity index is 2.29. The molecular weight excluding hydrogens is 470 g/mol. The highest BCUT2D eigenvalue weighted by Crippen LogP contribution is 2.22. The average Bonchev–Trinajstić information content (AvgIpc) is 2.43. The number of rotatable bonds is 3. The number of carbonyl (C=O) groups is 1. The summed E-state index contributed by atoms with van der Waals surface area (Å²) in [5.74, 6) is -0.822. The zero-order valence-electron chi connectivity index (χ0n) is 10.5. The monoisotopic (exact) mass is 478 g/mol. The van der Waals surface area contributed by atoms with Gasteiger partial charge in [-0.15, -0.1) is 0 Å². The van der Waals surface area contributed by atoms with E-state index in [0.717, 1.165) is 3.57 Å². The molecule has 108 valence electrons. The molecule has 2 aromatic rings. The van der Waals surface area contributed by atoms with E-state index >= 15 is 0 Å². The standard InChI is InChI=1S/C14H9BrFIN2OS/c15-11-3-1-7(17)5-9(11)14(20)19-8-2-4-12(16)10(6-8)13(18)21/h1-6H,(H2,18,21)(H,19,20). The summed E-state index contributed by atoms with van der Waals surface area (Å²) in [5.41, 5.74) is 6.46. The third-order valence-electron chi connectivity index (χ3n) is 2.66. The number of nitrogens with one attached hydrogen (secondary N) is 1. The molecule has 7 heteroatoms. The average molecular weight is 479 g/mol. The highest BCUT2D eigenvalue weighted by atomic mass is 127. The number of hydrogen-bond acceptors (Lipinski definition) is 2. The van der Waals surface area contributed by atoms with Crippen LogP contribution < -0.4 is 11.1 Å². The fourth-order valence-corrected chi connectivity index (χ4v) is 2.74. The Bertz CT molecular complexity index is 739. The van der Waals surface area contributed by atoms with Crippen LogP contribution >= 0.6 is 50.7 Å². The molecule has 0 aromatic heterocycles. The molecule has 3 nitrogen and oxygen atoms in total. The van der Waals surface area contributed by atoms with Crippen LogP contribution in [0, 0.1) is 9.39 Å². The number of thiocarbonyl (C=S) groups is 1. The molecule has 0 heterocycles. The van der Waals surface area contributed by atoms with Gasteiger partial charge in [0.05, 0.1) is 5.56 Å². The molecule has 2 aromatic carbocycles. The number of amides is 1. The van der Waals surface area contributed by atoms with E-state index < -0.39 is 5.82 Å². The predicted octanol–water partition coefficient (Wildman–Crippen LogP) is 4.08. The number of halogens is 3. The Morgan fingerprint density at radius 1 is 1.24 bits per heavy atom. The van der Waals surface area contributed by atoms with Crippen molar-refractivity contribution in [2.75, 3.05) is 5.32 Å². The van der Waals surface area contributed by atoms with E-state index in [1.807, 2.05) is 6.07 Å². The number of hydrogen-bond donors (Lipinski definition) is 2. The van der Waals surface area contributed by atoms with Crippen molar-refractivity contribution in [2.45, 2.75) is 0 Å². The van der Waals surface area contributed by atoms with Crippen molar-refractivity contribution in [2.24, 2.45) is 5.73 Å². The summed E-state index contributed by atoms with van der Waals surface area (Å²) in [4.78, 5) is 12.2. The van der Waals surface area contributed by atoms with Crippen LogP contribution in [0.5, 0.6) is 0 Å². The first-order valence-corrected chi connectivity index (χ1v) is 8.02. The molecule has 0 saturated carbocycles. The van der Waals surface area contributed by atoms with Gasteiger partial charge in [-0.05, 0) is 74.9 Å². The topological polar surface area (TPSA) is 55.1 Å². The summed E-state index contributed by atoms with van der Waals surface area (Å²) in [6.45, 7) is 0. The van der Waals surface area contributed by atoms with E-state index in [-0.39, 0.29) is 16.5 Å². The zero-order valence-corrected chi connectivity index (χ0v) is 15.1. The van der Waals surface area contributed by atoms with Gasteiger partial charge in [-0.3, -0.25) is 4.79 Å². The van der Waals surface area contributed by atoms with Gasteiger partial charge in [0.15, 0.2) is 0 Å². The molecule has 0 spiro atoms. The van der Waals surface area contributed by atoms with E-state index in [4.69, 9.17) is 18.0 Å². The molecule has 21 heavy (non-hydrogen) atoms. The molecule has 0 unspecified atom stereocenters. The maximum atomic E-state index is 13.5. The third-order valence-corrected chi connectivity index (χ3v) is 4.25. The van der Waals surface area contributed by atoms with Crippen LogP contribution in [-0.4, -0.2) is 10.9 Å². The molecule has 0 radical (unpaired) electrons. The molecule has 0 aliphatic carbocycles. The van der Waals surface area contributed by atoms with Gasteiger partial charge in [0.2, 0.25) is 0 Å². The van der Waals surface area contributed by atoms with Crippen molar-refractivity contribution < 1.29 is 9.18 Å². The van der Waals surface area contributed by atoms with Crippen LogP contribution in [0.3, 0.4) is 0 Å². The van der Waals surface area contributed by atoms with Crippen LogP contribution in [-0.2, 0) is 0 Å². The molecule has 2 rings (SSSR count). The maximum Gasteiger partial charge on any atom is 0.256 e. The van der Waals surface area contributed by atoms with Crippen molar-refractivity contribution in [1.29, 1.82) is 0 Å². The molecule has 1 amide bonds. The fourth-order valence-electron chi connectivity index (χ4n) is 1.66. The first-order valence-electron chi connectivity index (χ1n) is 5.74. The highest BCUT2D eigenvalue weighted by Gasteiger charge is 2.12. The zero-order chi connectivity index (χ0) is 15.6. The number of anilines is 1. The van der Waals surface area contributed by atoms with E-state index in [1.165, 1.54) is 18.2 Å². The number of nitrogens with two attached hydrogens (primary N) is 1. The van der Waals surface area contributed by atoms with Gasteiger partial charge < -0.3 is 11.1 Å². The summed E-state index contributed by atoms with van der Waals surface area (Å²) in [6.07, 6.45) is 0. The van der Waals surface area contributed by atoms with Crippen LogP contribution in [0.15, 0.2) is 40.9 Å². The first kappa shape index (κ1) is 16.3. The normalized spacial score (nSPS) is 10.2. The first-order chi connectivity index (χ1) is 9.88. The third kappa shape index (κ3) is 3.98. The Morgan fingerprint density at radius 2 is 1.95 bits per heavy atom. The van der Waals surface area contributed by atoms with Crippen molar-refractivity contribution in [3.8, 4) is 0 Å². The number of benzene rings is 2. The molecule has 0 atom stereocenters. The quantitative estimate of drug-likeness (QED) is 0.516. The van der Waals surface area contributed by atoms with Crippen molar-refractivity contribution in [3.63, 3.8) is 0 Å². The van der Waals surface area contributed by atoms with E-state index in [0.29, 0.717) is 15.7 Å². The molecule has 0 saturated heterocycles. The second kappa shape index (κ2) is 6.80. The van der Waals surface area contributed by atoms with Gasteiger partial charge in [-0.1, -0.05) is 12.2 Å². The largest absolute Gasteiger partial charge is 0.389 e. The van der Waals surface area contributed by atoms with Crippen molar-refractivity contribution in [1.82, 2.24) is 0 Å². The van der Waals surface area contributed by atoms with Gasteiger partial charge in [0, 0.05) is 19.3 Å². The van der Waals surface area contributed by atoms with E-state index in [9.17, 15) is 9.18 Å². The fraction of sp³-hybridized carbons (Fsp3) is 0. The molecule has 0 fully saturated rings. The maximum absolute atomic E-state index is 13.5. The minimum atomic E-state index is -0.518. The van der Waals surface area contributed by atoms with Gasteiger partial charge in [-0.25, -0.2) is 4.39 Å². The summed E-state index contributed by atoms with van der Waals surface area (Å²) in [7, 11) is 0. The van der Waals surface area contributed by atoms with E-state index in [1.54, 1.807) is 12.1 Å². The summed E-state index contributed by atoms with van der Waals surface area (Å²) >= 11 is 10.2. The van der Waals surface area contributed by atoms with Crippen LogP contribution in [0.25, 0.3) is 0 Å². The lowest BCUT2D eigenvalue weighted by Gasteiger charge is -2.09. The molecule has 0 aliphatic rings. The Kier molecular flexibility index (Phi) is 5.28. The van der Waals surface area contributed by atoms with Crippen LogP contribution in [0.1, 0.15) is 15.9 Å². The van der Waals surface area contributed by atoms with E-state index in [2.05, 4.69) is 43.8 Å². The Hall–Kier alpha value is -1.06. The minimum Gasteiger partial charge on any atom is -0.389 e. The smallest absolute Gasteiger partial charge is 0.256 e. The summed E-state index contributed by atoms with van der Waals surface area (Å²) in [5, 5.41) is 2.69. The SMILES string of the molecule is NC(=S)c1cc(NC(=O)c2cc(I)ccc2Br)ccc1F. The molecule has 0 bridgehead atoms. The second-order valence-electron chi connectivity index (χ2n) is 4.14. The van der Waals surface area contributed by atoms with Crippen molar-refractivity contribution in [3.05, 3.63) is 61.4 Å². The van der Waals surface area contributed by atoms with Crippen LogP contribution in [0.4, 0.5) is 10.1 Å². The lowest BCUT2D eigenvalue weighted by Crippen LogP contribution is -2.15. The summed E-state index contributed by atoms with van der Waals surface area (Å²) in [6, 6.07) is 9.51. The Labute approximate surface area is 148 Å². The van der Waals surface area contributed by atoms with Gasteiger partial charge in [0.1, 0.15) is 10.8 Å². The number of carbonyl (C=O) groups excluding carboxylic acids is 1. The molecular formula is C14H9BrFIN2OS. The van der Waals surface area contributed by atoms with Gasteiger partial charge in [0.25, 0.3) is 5.91 Å². The second-order valence-corrected chi connectivity index (χ2v) is 6.68. The van der Waals surface area contributed by atoms with Gasteiger partial charge in [-0.2, -0.15) is 0 Å². The molecule has 3 N–H and O–H groups in total.